The zero-order valence-corrected chi connectivity index (χ0v) is 9.99. The fourth-order valence-corrected chi connectivity index (χ4v) is 2.24. The molecule has 1 aliphatic heterocycles. The molecule has 1 N–H and O–H groups in total. The summed E-state index contributed by atoms with van der Waals surface area (Å²) in [6, 6.07) is 1.39. The van der Waals surface area contributed by atoms with Crippen molar-refractivity contribution in [1.29, 1.82) is 0 Å². The molecule has 15 heavy (non-hydrogen) atoms. The Morgan fingerprint density at radius 2 is 2.27 bits per heavy atom. The molecule has 1 amide bonds. The van der Waals surface area contributed by atoms with E-state index in [0.29, 0.717) is 18.1 Å². The van der Waals surface area contributed by atoms with Gasteiger partial charge in [0.25, 0.3) is 0 Å². The number of likely N-dealkylation sites (tertiary alicyclic amines) is 1. The second kappa shape index (κ2) is 5.31. The summed E-state index contributed by atoms with van der Waals surface area (Å²) in [6.45, 7) is 10.8. The molecule has 1 rings (SSSR count). The number of hydrogen-bond donors (Lipinski definition) is 1. The van der Waals surface area contributed by atoms with E-state index < -0.39 is 0 Å². The van der Waals surface area contributed by atoms with Crippen molar-refractivity contribution in [3.05, 3.63) is 12.7 Å². The molecular weight excluding hydrogens is 188 g/mol. The van der Waals surface area contributed by atoms with E-state index in [4.69, 9.17) is 0 Å². The van der Waals surface area contributed by atoms with Crippen LogP contribution < -0.4 is 5.32 Å². The summed E-state index contributed by atoms with van der Waals surface area (Å²) < 4.78 is 0. The van der Waals surface area contributed by atoms with Crippen LogP contribution in [0, 0.1) is 0 Å². The lowest BCUT2D eigenvalue weighted by atomic mass is 9.97. The third-order valence-corrected chi connectivity index (χ3v) is 2.90. The minimum atomic E-state index is 0.0606. The molecule has 0 radical (unpaired) electrons. The van der Waals surface area contributed by atoms with Crippen LogP contribution in [-0.2, 0) is 4.79 Å². The van der Waals surface area contributed by atoms with Crippen LogP contribution in [-0.4, -0.2) is 35.5 Å². The number of amides is 1. The lowest BCUT2D eigenvalue weighted by molar-refractivity contribution is -0.129. The Labute approximate surface area is 92.5 Å². The van der Waals surface area contributed by atoms with E-state index in [2.05, 4.69) is 32.7 Å². The summed E-state index contributed by atoms with van der Waals surface area (Å²) >= 11 is 0. The maximum Gasteiger partial charge on any atom is 0.246 e. The molecule has 0 spiro atoms. The minimum Gasteiger partial charge on any atom is -0.336 e. The Hall–Kier alpha value is -0.830. The second-order valence-corrected chi connectivity index (χ2v) is 4.63. The lowest BCUT2D eigenvalue weighted by Gasteiger charge is -2.38. The molecule has 3 nitrogen and oxygen atoms in total. The second-order valence-electron chi connectivity index (χ2n) is 4.63. The fourth-order valence-electron chi connectivity index (χ4n) is 2.24. The molecule has 3 heteroatoms. The molecule has 0 aromatic carbocycles. The molecule has 0 aromatic rings. The van der Waals surface area contributed by atoms with E-state index >= 15 is 0 Å². The predicted octanol–water partition coefficient (Wildman–Crippen LogP) is 1.55. The summed E-state index contributed by atoms with van der Waals surface area (Å²) in [6.07, 6.45) is 3.49. The summed E-state index contributed by atoms with van der Waals surface area (Å²) in [7, 11) is 0. The number of nitrogens with zero attached hydrogens (tertiary/aromatic N) is 1. The average molecular weight is 210 g/mol. The highest BCUT2D eigenvalue weighted by Crippen LogP contribution is 2.17. The topological polar surface area (TPSA) is 32.3 Å². The van der Waals surface area contributed by atoms with Gasteiger partial charge in [0.05, 0.1) is 0 Å². The highest BCUT2D eigenvalue weighted by atomic mass is 16.2. The van der Waals surface area contributed by atoms with Gasteiger partial charge in [-0.15, -0.1) is 0 Å². The predicted molar refractivity (Wildman–Crippen MR) is 62.7 cm³/mol. The molecule has 1 saturated heterocycles. The van der Waals surface area contributed by atoms with Crippen molar-refractivity contribution in [3.63, 3.8) is 0 Å². The quantitative estimate of drug-likeness (QED) is 0.717. The first-order chi connectivity index (χ1) is 7.04. The molecule has 1 heterocycles. The van der Waals surface area contributed by atoms with Gasteiger partial charge in [0.2, 0.25) is 5.91 Å². The Bertz CT molecular complexity index is 238. The molecule has 1 aliphatic rings. The van der Waals surface area contributed by atoms with Gasteiger partial charge < -0.3 is 10.2 Å². The Morgan fingerprint density at radius 3 is 2.73 bits per heavy atom. The third-order valence-electron chi connectivity index (χ3n) is 2.90. The maximum absolute atomic E-state index is 11.5. The molecule has 1 unspecified atom stereocenters. The monoisotopic (exact) mass is 210 g/mol. The normalized spacial score (nSPS) is 26.8. The SMILES string of the molecule is C=CC(=O)N1CCC(NC(C)C)C[C@H]1C. The van der Waals surface area contributed by atoms with Crippen molar-refractivity contribution in [2.75, 3.05) is 6.54 Å². The Morgan fingerprint density at radius 1 is 1.60 bits per heavy atom. The molecule has 0 saturated carbocycles. The van der Waals surface area contributed by atoms with Crippen molar-refractivity contribution in [1.82, 2.24) is 10.2 Å². The summed E-state index contributed by atoms with van der Waals surface area (Å²) in [5.74, 6) is 0.0606. The smallest absolute Gasteiger partial charge is 0.246 e. The van der Waals surface area contributed by atoms with E-state index in [0.717, 1.165) is 19.4 Å². The van der Waals surface area contributed by atoms with Crippen molar-refractivity contribution < 1.29 is 4.79 Å². The molecule has 86 valence electrons. The summed E-state index contributed by atoms with van der Waals surface area (Å²) in [5.41, 5.74) is 0. The molecule has 0 bridgehead atoms. The number of carbonyl (C=O) groups is 1. The van der Waals surface area contributed by atoms with Crippen molar-refractivity contribution in [3.8, 4) is 0 Å². The molecular formula is C12H22N2O. The van der Waals surface area contributed by atoms with Gasteiger partial charge in [0.1, 0.15) is 0 Å². The van der Waals surface area contributed by atoms with Crippen molar-refractivity contribution in [2.24, 2.45) is 0 Å². The van der Waals surface area contributed by atoms with Gasteiger partial charge >= 0.3 is 0 Å². The summed E-state index contributed by atoms with van der Waals surface area (Å²) in [4.78, 5) is 13.4. The minimum absolute atomic E-state index is 0.0606. The summed E-state index contributed by atoms with van der Waals surface area (Å²) in [5, 5.41) is 3.53. The lowest BCUT2D eigenvalue weighted by Crippen LogP contribution is -2.50. The van der Waals surface area contributed by atoms with E-state index in [9.17, 15) is 4.79 Å². The highest BCUT2D eigenvalue weighted by Gasteiger charge is 2.27. The van der Waals surface area contributed by atoms with Gasteiger partial charge in [-0.25, -0.2) is 0 Å². The van der Waals surface area contributed by atoms with Crippen molar-refractivity contribution >= 4 is 5.91 Å². The fraction of sp³-hybridized carbons (Fsp3) is 0.750. The standard InChI is InChI=1S/C12H22N2O/c1-5-12(15)14-7-6-11(8-10(14)4)13-9(2)3/h5,9-11,13H,1,6-8H2,2-4H3/t10-,11?/m1/s1. The zero-order chi connectivity index (χ0) is 11.4. The van der Waals surface area contributed by atoms with E-state index in [1.807, 2.05) is 4.90 Å². The van der Waals surface area contributed by atoms with Crippen LogP contribution >= 0.6 is 0 Å². The largest absolute Gasteiger partial charge is 0.336 e. The van der Waals surface area contributed by atoms with E-state index in [-0.39, 0.29) is 5.91 Å². The van der Waals surface area contributed by atoms with Gasteiger partial charge in [-0.3, -0.25) is 4.79 Å². The van der Waals surface area contributed by atoms with Gasteiger partial charge in [-0.05, 0) is 25.8 Å². The van der Waals surface area contributed by atoms with Gasteiger partial charge in [-0.1, -0.05) is 20.4 Å². The van der Waals surface area contributed by atoms with Crippen LogP contribution in [0.5, 0.6) is 0 Å². The number of carbonyl (C=O) groups excluding carboxylic acids is 1. The van der Waals surface area contributed by atoms with Crippen molar-refractivity contribution in [2.45, 2.75) is 51.7 Å². The van der Waals surface area contributed by atoms with Crippen LogP contribution in [0.15, 0.2) is 12.7 Å². The van der Waals surface area contributed by atoms with Crippen LogP contribution in [0.3, 0.4) is 0 Å². The molecule has 0 aromatic heterocycles. The Kier molecular flexibility index (Phi) is 4.33. The Balaban J connectivity index is 2.47. The first-order valence-electron chi connectivity index (χ1n) is 5.73. The average Bonchev–Trinajstić information content (AvgIpc) is 2.16. The van der Waals surface area contributed by atoms with E-state index in [1.165, 1.54) is 6.08 Å². The number of rotatable bonds is 3. The number of hydrogen-bond acceptors (Lipinski definition) is 2. The van der Waals surface area contributed by atoms with Gasteiger partial charge in [-0.2, -0.15) is 0 Å². The van der Waals surface area contributed by atoms with E-state index in [1.54, 1.807) is 0 Å². The molecule has 1 fully saturated rings. The highest BCUT2D eigenvalue weighted by molar-refractivity contribution is 5.87. The first kappa shape index (κ1) is 12.2. The van der Waals surface area contributed by atoms with Crippen LogP contribution in [0.1, 0.15) is 33.6 Å². The van der Waals surface area contributed by atoms with Gasteiger partial charge in [0, 0.05) is 24.7 Å². The number of nitrogens with one attached hydrogen (secondary N) is 1. The maximum atomic E-state index is 11.5. The van der Waals surface area contributed by atoms with Gasteiger partial charge in [0.15, 0.2) is 0 Å². The molecule has 2 atom stereocenters. The third kappa shape index (κ3) is 3.34. The van der Waals surface area contributed by atoms with Crippen LogP contribution in [0.4, 0.5) is 0 Å². The number of piperidine rings is 1. The zero-order valence-electron chi connectivity index (χ0n) is 9.99. The first-order valence-corrected chi connectivity index (χ1v) is 5.73. The van der Waals surface area contributed by atoms with Crippen LogP contribution in [0.25, 0.3) is 0 Å². The van der Waals surface area contributed by atoms with Crippen LogP contribution in [0.2, 0.25) is 0 Å². The molecule has 0 aliphatic carbocycles.